The van der Waals surface area contributed by atoms with Crippen LogP contribution >= 0.6 is 23.2 Å². The molecule has 0 bridgehead atoms. The van der Waals surface area contributed by atoms with Crippen molar-refractivity contribution >= 4 is 35.5 Å². The largest absolute Gasteiger partial charge is 0.462 e. The second-order valence-electron chi connectivity index (χ2n) is 7.16. The lowest BCUT2D eigenvalue weighted by Gasteiger charge is -2.31. The van der Waals surface area contributed by atoms with Gasteiger partial charge < -0.3 is 4.74 Å². The van der Waals surface area contributed by atoms with Gasteiger partial charge in [-0.3, -0.25) is 4.79 Å². The number of benzene rings is 3. The Morgan fingerprint density at radius 1 is 0.933 bits per heavy atom. The normalized spacial score (nSPS) is 12.8. The standard InChI is InChI=1S/C25H21Cl2O3/c1-17-7-6-8-18(2)23(17)25(16-28,20-11-12-21(26)22(27)15-20)13-14-30-24(29)19-9-4-3-5-10-19/h3-12,15H,13-14H2,1-2H3. The van der Waals surface area contributed by atoms with E-state index in [9.17, 15) is 9.59 Å². The maximum Gasteiger partial charge on any atom is 0.338 e. The molecule has 3 nitrogen and oxygen atoms in total. The summed E-state index contributed by atoms with van der Waals surface area (Å²) in [6.07, 6.45) is 2.47. The van der Waals surface area contributed by atoms with Crippen LogP contribution in [-0.2, 0) is 14.9 Å². The summed E-state index contributed by atoms with van der Waals surface area (Å²) in [5.41, 5.74) is 2.67. The van der Waals surface area contributed by atoms with Gasteiger partial charge in [0.25, 0.3) is 0 Å². The highest BCUT2D eigenvalue weighted by molar-refractivity contribution is 6.42. The zero-order valence-corrected chi connectivity index (χ0v) is 18.3. The van der Waals surface area contributed by atoms with Crippen LogP contribution in [0.1, 0.15) is 39.0 Å². The fourth-order valence-electron chi connectivity index (χ4n) is 3.78. The lowest BCUT2D eigenvalue weighted by Crippen LogP contribution is -2.33. The zero-order valence-electron chi connectivity index (χ0n) is 16.7. The molecule has 1 atom stereocenters. The predicted octanol–water partition coefficient (Wildman–Crippen LogP) is 6.25. The van der Waals surface area contributed by atoms with Gasteiger partial charge in [-0.1, -0.05) is 65.7 Å². The number of esters is 1. The van der Waals surface area contributed by atoms with E-state index < -0.39 is 11.4 Å². The molecular formula is C25H21Cl2O3. The van der Waals surface area contributed by atoms with Crippen molar-refractivity contribution in [3.8, 4) is 0 Å². The average Bonchev–Trinajstić information content (AvgIpc) is 2.75. The van der Waals surface area contributed by atoms with E-state index in [1.165, 1.54) is 0 Å². The van der Waals surface area contributed by atoms with E-state index in [4.69, 9.17) is 27.9 Å². The van der Waals surface area contributed by atoms with Gasteiger partial charge in [0.2, 0.25) is 6.29 Å². The number of carbonyl (C=O) groups is 1. The second kappa shape index (κ2) is 9.46. The molecule has 0 saturated carbocycles. The Morgan fingerprint density at radius 2 is 1.60 bits per heavy atom. The highest BCUT2D eigenvalue weighted by Crippen LogP contribution is 2.40. The Bertz CT molecular complexity index is 1040. The van der Waals surface area contributed by atoms with Crippen molar-refractivity contribution in [1.82, 2.24) is 0 Å². The highest BCUT2D eigenvalue weighted by Gasteiger charge is 2.38. The lowest BCUT2D eigenvalue weighted by atomic mass is 9.70. The zero-order chi connectivity index (χ0) is 21.7. The molecule has 0 amide bonds. The molecule has 0 aliphatic rings. The highest BCUT2D eigenvalue weighted by atomic mass is 35.5. The first-order chi connectivity index (χ1) is 14.4. The van der Waals surface area contributed by atoms with Crippen molar-refractivity contribution in [3.63, 3.8) is 0 Å². The van der Waals surface area contributed by atoms with Crippen molar-refractivity contribution in [3.05, 3.63) is 105 Å². The predicted molar refractivity (Wildman–Crippen MR) is 120 cm³/mol. The number of rotatable bonds is 7. The minimum Gasteiger partial charge on any atom is -0.462 e. The first kappa shape index (κ1) is 22.1. The van der Waals surface area contributed by atoms with Gasteiger partial charge in [-0.05, 0) is 60.4 Å². The molecule has 0 N–H and O–H groups in total. The molecule has 0 aromatic heterocycles. The Hall–Kier alpha value is -2.62. The van der Waals surface area contributed by atoms with Crippen LogP contribution in [0.5, 0.6) is 0 Å². The molecule has 0 spiro atoms. The van der Waals surface area contributed by atoms with Crippen LogP contribution in [0.3, 0.4) is 0 Å². The molecule has 30 heavy (non-hydrogen) atoms. The monoisotopic (exact) mass is 439 g/mol. The third-order valence-corrected chi connectivity index (χ3v) is 5.95. The number of halogens is 2. The number of carbonyl (C=O) groups excluding carboxylic acids is 2. The Kier molecular flexibility index (Phi) is 6.96. The maximum atomic E-state index is 12.5. The SMILES string of the molecule is Cc1cccc(C)c1C([C]=O)(CCOC(=O)c1ccccc1)c1ccc(Cl)c(Cl)c1. The minimum atomic E-state index is -1.15. The summed E-state index contributed by atoms with van der Waals surface area (Å²) < 4.78 is 5.49. The molecule has 3 aromatic rings. The first-order valence-corrected chi connectivity index (χ1v) is 10.3. The molecule has 3 rings (SSSR count). The summed E-state index contributed by atoms with van der Waals surface area (Å²) >= 11 is 12.4. The van der Waals surface area contributed by atoms with E-state index in [2.05, 4.69) is 6.29 Å². The van der Waals surface area contributed by atoms with Crippen molar-refractivity contribution in [1.29, 1.82) is 0 Å². The van der Waals surface area contributed by atoms with E-state index in [1.54, 1.807) is 42.5 Å². The van der Waals surface area contributed by atoms with Crippen LogP contribution in [0.2, 0.25) is 10.0 Å². The molecule has 0 aliphatic heterocycles. The van der Waals surface area contributed by atoms with Crippen LogP contribution in [0, 0.1) is 13.8 Å². The van der Waals surface area contributed by atoms with E-state index >= 15 is 0 Å². The van der Waals surface area contributed by atoms with Gasteiger partial charge in [-0.25, -0.2) is 4.79 Å². The maximum absolute atomic E-state index is 12.5. The first-order valence-electron chi connectivity index (χ1n) is 9.53. The minimum absolute atomic E-state index is 0.0387. The van der Waals surface area contributed by atoms with E-state index in [0.717, 1.165) is 16.7 Å². The summed E-state index contributed by atoms with van der Waals surface area (Å²) in [6.45, 7) is 3.93. The number of ether oxygens (including phenoxy) is 1. The van der Waals surface area contributed by atoms with Crippen LogP contribution < -0.4 is 0 Å². The number of aryl methyl sites for hydroxylation is 2. The third kappa shape index (κ3) is 4.43. The van der Waals surface area contributed by atoms with Crippen molar-refractivity contribution in [2.24, 2.45) is 0 Å². The molecule has 0 aliphatic carbocycles. The molecule has 1 radical (unpaired) electrons. The molecule has 0 saturated heterocycles. The van der Waals surface area contributed by atoms with Gasteiger partial charge in [0, 0.05) is 6.42 Å². The quantitative estimate of drug-likeness (QED) is 0.408. The van der Waals surface area contributed by atoms with Gasteiger partial charge in [0.05, 0.1) is 27.6 Å². The van der Waals surface area contributed by atoms with Crippen molar-refractivity contribution in [2.45, 2.75) is 25.7 Å². The summed E-state index contributed by atoms with van der Waals surface area (Å²) in [5, 5.41) is 0.749. The molecule has 0 fully saturated rings. The van der Waals surface area contributed by atoms with Gasteiger partial charge in [-0.15, -0.1) is 0 Å². The fourth-order valence-corrected chi connectivity index (χ4v) is 4.08. The number of hydrogen-bond donors (Lipinski definition) is 0. The molecule has 1 unspecified atom stereocenters. The average molecular weight is 440 g/mol. The lowest BCUT2D eigenvalue weighted by molar-refractivity contribution is 0.0489. The summed E-state index contributed by atoms with van der Waals surface area (Å²) in [4.78, 5) is 24.9. The molecule has 3 aromatic carbocycles. The van der Waals surface area contributed by atoms with E-state index in [1.807, 2.05) is 38.1 Å². The number of hydrogen-bond acceptors (Lipinski definition) is 3. The summed E-state index contributed by atoms with van der Waals surface area (Å²) in [7, 11) is 0. The Morgan fingerprint density at radius 3 is 2.20 bits per heavy atom. The molecular weight excluding hydrogens is 419 g/mol. The van der Waals surface area contributed by atoms with Gasteiger partial charge in [0.15, 0.2) is 0 Å². The summed E-state index contributed by atoms with van der Waals surface area (Å²) in [5.74, 6) is -0.439. The van der Waals surface area contributed by atoms with Crippen LogP contribution in [0.4, 0.5) is 0 Å². The fraction of sp³-hybridized carbons (Fsp3) is 0.200. The van der Waals surface area contributed by atoms with Crippen molar-refractivity contribution < 1.29 is 14.3 Å². The van der Waals surface area contributed by atoms with Crippen LogP contribution in [-0.4, -0.2) is 18.9 Å². The van der Waals surface area contributed by atoms with Gasteiger partial charge in [-0.2, -0.15) is 0 Å². The van der Waals surface area contributed by atoms with Gasteiger partial charge >= 0.3 is 5.97 Å². The van der Waals surface area contributed by atoms with E-state index in [-0.39, 0.29) is 13.0 Å². The Labute approximate surface area is 186 Å². The Balaban J connectivity index is 2.00. The third-order valence-electron chi connectivity index (χ3n) is 5.21. The molecule has 5 heteroatoms. The van der Waals surface area contributed by atoms with Crippen LogP contribution in [0.15, 0.2) is 66.7 Å². The topological polar surface area (TPSA) is 43.4 Å². The van der Waals surface area contributed by atoms with Crippen molar-refractivity contribution in [2.75, 3.05) is 6.61 Å². The van der Waals surface area contributed by atoms with E-state index in [0.29, 0.717) is 21.2 Å². The smallest absolute Gasteiger partial charge is 0.338 e. The molecule has 153 valence electrons. The summed E-state index contributed by atoms with van der Waals surface area (Å²) in [6, 6.07) is 19.7. The second-order valence-corrected chi connectivity index (χ2v) is 7.97. The van der Waals surface area contributed by atoms with Gasteiger partial charge in [0.1, 0.15) is 0 Å². The van der Waals surface area contributed by atoms with Crippen LogP contribution in [0.25, 0.3) is 0 Å². The molecule has 0 heterocycles.